The third-order valence-corrected chi connectivity index (χ3v) is 4.87. The highest BCUT2D eigenvalue weighted by Gasteiger charge is 2.47. The van der Waals surface area contributed by atoms with Crippen LogP contribution >= 0.6 is 0 Å². The van der Waals surface area contributed by atoms with Crippen LogP contribution in [0.15, 0.2) is 24.3 Å². The fraction of sp³-hybridized carbons (Fsp3) is 0.556. The number of likely N-dealkylation sites (tertiary alicyclic amines) is 1. The van der Waals surface area contributed by atoms with E-state index in [9.17, 15) is 5.11 Å². The first-order chi connectivity index (χ1) is 10.8. The second-order valence-corrected chi connectivity index (χ2v) is 6.39. The Morgan fingerprint density at radius 2 is 2.09 bits per heavy atom. The molecule has 2 fully saturated rings. The summed E-state index contributed by atoms with van der Waals surface area (Å²) in [7, 11) is 0. The summed E-state index contributed by atoms with van der Waals surface area (Å²) in [5.74, 6) is 6.11. The Labute approximate surface area is 131 Å². The van der Waals surface area contributed by atoms with Crippen LogP contribution < -0.4 is 0 Å². The molecule has 0 saturated carbocycles. The molecule has 0 unspecified atom stereocenters. The molecule has 2 aliphatic rings. The molecule has 0 spiro atoms. The van der Waals surface area contributed by atoms with E-state index in [1.54, 1.807) is 0 Å². The van der Waals surface area contributed by atoms with E-state index < -0.39 is 0 Å². The summed E-state index contributed by atoms with van der Waals surface area (Å²) in [6.45, 7) is 4.44. The molecule has 0 aliphatic carbocycles. The van der Waals surface area contributed by atoms with Gasteiger partial charge in [-0.1, -0.05) is 24.0 Å². The number of hydrogen-bond donors (Lipinski definition) is 2. The number of nitrogens with zero attached hydrogens (tertiary/aromatic N) is 1. The van der Waals surface area contributed by atoms with E-state index in [1.165, 1.54) is 5.56 Å². The topological polar surface area (TPSA) is 52.9 Å². The first kappa shape index (κ1) is 15.5. The highest BCUT2D eigenvalue weighted by atomic mass is 16.5. The molecule has 1 aromatic carbocycles. The van der Waals surface area contributed by atoms with Gasteiger partial charge in [0.2, 0.25) is 0 Å². The maximum absolute atomic E-state index is 9.81. The molecule has 2 atom stereocenters. The predicted octanol–water partition coefficient (Wildman–Crippen LogP) is 0.861. The SMILES string of the molecule is OCC#Cc1ccc(CN2C[C@@H]3CCOC[C@]3(CO)C2)cc1. The van der Waals surface area contributed by atoms with Crippen molar-refractivity contribution < 1.29 is 14.9 Å². The van der Waals surface area contributed by atoms with Gasteiger partial charge in [-0.05, 0) is 30.0 Å². The lowest BCUT2D eigenvalue weighted by atomic mass is 9.76. The highest BCUT2D eigenvalue weighted by Crippen LogP contribution is 2.41. The second-order valence-electron chi connectivity index (χ2n) is 6.39. The van der Waals surface area contributed by atoms with Crippen LogP contribution in [0.1, 0.15) is 17.5 Å². The fourth-order valence-corrected chi connectivity index (χ4v) is 3.64. The van der Waals surface area contributed by atoms with Crippen molar-refractivity contribution in [3.8, 4) is 11.8 Å². The van der Waals surface area contributed by atoms with Crippen molar-refractivity contribution in [3.63, 3.8) is 0 Å². The first-order valence-electron chi connectivity index (χ1n) is 7.85. The molecule has 0 bridgehead atoms. The van der Waals surface area contributed by atoms with Gasteiger partial charge in [0.15, 0.2) is 0 Å². The number of fused-ring (bicyclic) bond motifs is 1. The Morgan fingerprint density at radius 3 is 2.77 bits per heavy atom. The molecule has 22 heavy (non-hydrogen) atoms. The average molecular weight is 301 g/mol. The molecular formula is C18H23NO3. The molecular weight excluding hydrogens is 278 g/mol. The number of ether oxygens (including phenoxy) is 1. The van der Waals surface area contributed by atoms with E-state index in [0.29, 0.717) is 12.5 Å². The summed E-state index contributed by atoms with van der Waals surface area (Å²) in [5.41, 5.74) is 2.11. The van der Waals surface area contributed by atoms with Crippen LogP contribution in [0.2, 0.25) is 0 Å². The van der Waals surface area contributed by atoms with Gasteiger partial charge in [0, 0.05) is 37.2 Å². The maximum atomic E-state index is 9.81. The van der Waals surface area contributed by atoms with E-state index in [0.717, 1.165) is 38.2 Å². The molecule has 4 heteroatoms. The van der Waals surface area contributed by atoms with Crippen LogP contribution in [0.25, 0.3) is 0 Å². The van der Waals surface area contributed by atoms with Crippen molar-refractivity contribution in [1.29, 1.82) is 0 Å². The number of hydrogen-bond acceptors (Lipinski definition) is 4. The van der Waals surface area contributed by atoms with E-state index in [1.807, 2.05) is 12.1 Å². The number of aliphatic hydroxyl groups excluding tert-OH is 2. The van der Waals surface area contributed by atoms with Crippen molar-refractivity contribution in [2.75, 3.05) is 39.5 Å². The van der Waals surface area contributed by atoms with Crippen molar-refractivity contribution in [3.05, 3.63) is 35.4 Å². The summed E-state index contributed by atoms with van der Waals surface area (Å²) >= 11 is 0. The Kier molecular flexibility index (Phi) is 4.80. The fourth-order valence-electron chi connectivity index (χ4n) is 3.64. The Morgan fingerprint density at radius 1 is 1.27 bits per heavy atom. The van der Waals surface area contributed by atoms with Crippen molar-refractivity contribution in [1.82, 2.24) is 4.90 Å². The molecule has 0 aromatic heterocycles. The molecule has 1 aromatic rings. The molecule has 2 N–H and O–H groups in total. The predicted molar refractivity (Wildman–Crippen MR) is 84.1 cm³/mol. The Hall–Kier alpha value is -1.38. The lowest BCUT2D eigenvalue weighted by Crippen LogP contribution is -2.42. The van der Waals surface area contributed by atoms with Crippen LogP contribution in [0, 0.1) is 23.2 Å². The lowest BCUT2D eigenvalue weighted by Gasteiger charge is -2.36. The standard InChI is InChI=1S/C18H23NO3/c20-8-1-2-15-3-5-16(6-4-15)10-19-11-17-7-9-22-14-18(17,12-19)13-21/h3-6,17,20-21H,7-14H2/t17-,18+/m0/s1. The largest absolute Gasteiger partial charge is 0.396 e. The quantitative estimate of drug-likeness (QED) is 0.813. The van der Waals surface area contributed by atoms with Gasteiger partial charge in [-0.25, -0.2) is 0 Å². The molecule has 2 aliphatic heterocycles. The minimum Gasteiger partial charge on any atom is -0.396 e. The van der Waals surface area contributed by atoms with Gasteiger partial charge in [0.05, 0.1) is 13.2 Å². The molecule has 118 valence electrons. The number of aliphatic hydroxyl groups is 2. The monoisotopic (exact) mass is 301 g/mol. The van der Waals surface area contributed by atoms with Crippen molar-refractivity contribution in [2.24, 2.45) is 11.3 Å². The Bertz CT molecular complexity index is 560. The summed E-state index contributed by atoms with van der Waals surface area (Å²) in [6, 6.07) is 8.16. The van der Waals surface area contributed by atoms with E-state index in [4.69, 9.17) is 9.84 Å². The molecule has 3 rings (SSSR count). The van der Waals surface area contributed by atoms with Gasteiger partial charge in [-0.2, -0.15) is 0 Å². The zero-order chi connectivity index (χ0) is 15.4. The van der Waals surface area contributed by atoms with Crippen LogP contribution in [-0.2, 0) is 11.3 Å². The van der Waals surface area contributed by atoms with Crippen LogP contribution in [0.5, 0.6) is 0 Å². The molecule has 0 radical (unpaired) electrons. The van der Waals surface area contributed by atoms with Gasteiger partial charge >= 0.3 is 0 Å². The summed E-state index contributed by atoms with van der Waals surface area (Å²) in [4.78, 5) is 2.42. The summed E-state index contributed by atoms with van der Waals surface area (Å²) < 4.78 is 5.61. The third-order valence-electron chi connectivity index (χ3n) is 4.87. The summed E-state index contributed by atoms with van der Waals surface area (Å²) in [5, 5.41) is 18.5. The average Bonchev–Trinajstić information content (AvgIpc) is 2.92. The van der Waals surface area contributed by atoms with Crippen LogP contribution in [0.4, 0.5) is 0 Å². The number of rotatable bonds is 3. The molecule has 2 saturated heterocycles. The highest BCUT2D eigenvalue weighted by molar-refractivity contribution is 5.36. The van der Waals surface area contributed by atoms with Crippen molar-refractivity contribution in [2.45, 2.75) is 13.0 Å². The molecule has 2 heterocycles. The van der Waals surface area contributed by atoms with Gasteiger partial charge in [0.25, 0.3) is 0 Å². The zero-order valence-electron chi connectivity index (χ0n) is 12.8. The van der Waals surface area contributed by atoms with E-state index >= 15 is 0 Å². The smallest absolute Gasteiger partial charge is 0.104 e. The molecule has 0 amide bonds. The zero-order valence-corrected chi connectivity index (χ0v) is 12.8. The maximum Gasteiger partial charge on any atom is 0.104 e. The normalized spacial score (nSPS) is 28.0. The number of benzene rings is 1. The van der Waals surface area contributed by atoms with E-state index in [-0.39, 0.29) is 18.6 Å². The first-order valence-corrected chi connectivity index (χ1v) is 7.85. The van der Waals surface area contributed by atoms with E-state index in [2.05, 4.69) is 28.9 Å². The lowest BCUT2D eigenvalue weighted by molar-refractivity contribution is -0.0561. The van der Waals surface area contributed by atoms with Crippen LogP contribution in [-0.4, -0.2) is 54.6 Å². The van der Waals surface area contributed by atoms with Crippen molar-refractivity contribution >= 4 is 0 Å². The molecule has 4 nitrogen and oxygen atoms in total. The van der Waals surface area contributed by atoms with Gasteiger partial charge in [-0.15, -0.1) is 0 Å². The Balaban J connectivity index is 1.64. The van der Waals surface area contributed by atoms with Gasteiger partial charge in [-0.3, -0.25) is 4.90 Å². The second kappa shape index (κ2) is 6.80. The minimum atomic E-state index is -0.109. The third kappa shape index (κ3) is 3.18. The summed E-state index contributed by atoms with van der Waals surface area (Å²) in [6.07, 6.45) is 1.05. The van der Waals surface area contributed by atoms with Gasteiger partial charge < -0.3 is 14.9 Å². The van der Waals surface area contributed by atoms with Gasteiger partial charge in [0.1, 0.15) is 6.61 Å². The van der Waals surface area contributed by atoms with Crippen LogP contribution in [0.3, 0.4) is 0 Å². The minimum absolute atomic E-state index is 0.0647.